The van der Waals surface area contributed by atoms with Gasteiger partial charge < -0.3 is 8.85 Å². The van der Waals surface area contributed by atoms with Crippen molar-refractivity contribution in [1.82, 2.24) is 0 Å². The fourth-order valence-electron chi connectivity index (χ4n) is 1.64. The minimum atomic E-state index is -1.88. The first-order chi connectivity index (χ1) is 10.1. The van der Waals surface area contributed by atoms with Gasteiger partial charge in [-0.3, -0.25) is 0 Å². The Bertz CT molecular complexity index is 434. The van der Waals surface area contributed by atoms with E-state index in [9.17, 15) is 0 Å². The van der Waals surface area contributed by atoms with Gasteiger partial charge in [0.25, 0.3) is 0 Å². The molecule has 0 aliphatic rings. The minimum Gasteiger partial charge on any atom is -0.410 e. The third-order valence-electron chi connectivity index (χ3n) is 5.39. The lowest BCUT2D eigenvalue weighted by Crippen LogP contribution is -2.46. The van der Waals surface area contributed by atoms with Gasteiger partial charge in [0.2, 0.25) is 0 Å². The van der Waals surface area contributed by atoms with Gasteiger partial charge in [0.1, 0.15) is 6.10 Å². The first-order valence-corrected chi connectivity index (χ1v) is 14.3. The van der Waals surface area contributed by atoms with Crippen molar-refractivity contribution < 1.29 is 8.85 Å². The molecule has 0 aliphatic carbocycles. The molecule has 0 amide bonds. The van der Waals surface area contributed by atoms with Crippen LogP contribution in [0.25, 0.3) is 0 Å². The zero-order valence-corrected chi connectivity index (χ0v) is 19.0. The fraction of sp³-hybridized carbons (Fsp3) is 0.789. The van der Waals surface area contributed by atoms with E-state index < -0.39 is 16.6 Å². The molecular formula is C19H38O2Si2. The maximum Gasteiger partial charge on any atom is 0.193 e. The lowest BCUT2D eigenvalue weighted by Gasteiger charge is -2.41. The monoisotopic (exact) mass is 354 g/mol. The second-order valence-corrected chi connectivity index (χ2v) is 18.9. The molecule has 0 saturated heterocycles. The van der Waals surface area contributed by atoms with E-state index in [1.54, 1.807) is 0 Å². The number of rotatable bonds is 7. The van der Waals surface area contributed by atoms with Crippen molar-refractivity contribution in [3.8, 4) is 12.3 Å². The average molecular weight is 355 g/mol. The predicted octanol–water partition coefficient (Wildman–Crippen LogP) is 5.98. The average Bonchev–Trinajstić information content (AvgIpc) is 2.33. The largest absolute Gasteiger partial charge is 0.410 e. The highest BCUT2D eigenvalue weighted by atomic mass is 28.4. The van der Waals surface area contributed by atoms with Crippen molar-refractivity contribution in [3.63, 3.8) is 0 Å². The van der Waals surface area contributed by atoms with Crippen LogP contribution >= 0.6 is 0 Å². The summed E-state index contributed by atoms with van der Waals surface area (Å²) in [6, 6.07) is 0. The highest BCUT2D eigenvalue weighted by Gasteiger charge is 2.41. The van der Waals surface area contributed by atoms with Gasteiger partial charge in [-0.2, -0.15) is 0 Å². The molecule has 4 heteroatoms. The van der Waals surface area contributed by atoms with Crippen LogP contribution < -0.4 is 0 Å². The maximum absolute atomic E-state index is 6.44. The summed E-state index contributed by atoms with van der Waals surface area (Å²) < 4.78 is 12.8. The molecule has 134 valence electrons. The summed E-state index contributed by atoms with van der Waals surface area (Å²) in [5, 5.41) is 0.312. The summed E-state index contributed by atoms with van der Waals surface area (Å²) in [6.07, 6.45) is 8.03. The molecule has 0 N–H and O–H groups in total. The lowest BCUT2D eigenvalue weighted by molar-refractivity contribution is 0.147. The predicted molar refractivity (Wildman–Crippen MR) is 108 cm³/mol. The van der Waals surface area contributed by atoms with Crippen molar-refractivity contribution in [2.24, 2.45) is 0 Å². The van der Waals surface area contributed by atoms with E-state index in [1.165, 1.54) is 0 Å². The summed E-state index contributed by atoms with van der Waals surface area (Å²) in [6.45, 7) is 26.3. The van der Waals surface area contributed by atoms with Crippen LogP contribution in [0, 0.1) is 12.3 Å². The van der Waals surface area contributed by atoms with Crippen LogP contribution in [0.2, 0.25) is 36.3 Å². The molecule has 0 heterocycles. The van der Waals surface area contributed by atoms with E-state index in [-0.39, 0.29) is 22.3 Å². The summed E-state index contributed by atoms with van der Waals surface area (Å²) in [5.41, 5.74) is 0. The molecule has 0 fully saturated rings. The first kappa shape index (κ1) is 22.7. The highest BCUT2D eigenvalue weighted by Crippen LogP contribution is 2.39. The van der Waals surface area contributed by atoms with Crippen molar-refractivity contribution in [3.05, 3.63) is 12.7 Å². The number of terminal acetylenes is 1. The normalized spacial score (nSPS) is 16.6. The molecule has 0 aromatic heterocycles. The highest BCUT2D eigenvalue weighted by molar-refractivity contribution is 6.74. The Morgan fingerprint density at radius 2 is 1.35 bits per heavy atom. The van der Waals surface area contributed by atoms with E-state index >= 15 is 0 Å². The summed E-state index contributed by atoms with van der Waals surface area (Å²) in [5.74, 6) is 2.82. The molecule has 0 unspecified atom stereocenters. The first-order valence-electron chi connectivity index (χ1n) is 8.52. The molecule has 0 spiro atoms. The molecule has 0 saturated carbocycles. The fourth-order valence-corrected chi connectivity index (χ4v) is 4.17. The number of hydrogen-bond acceptors (Lipinski definition) is 2. The minimum absolute atomic E-state index is 0.0540. The molecule has 0 aliphatic heterocycles. The SMILES string of the molecule is C#C[C@@H](C[C@@H](C=C)O[Si](C)(C)C(C)(C)C)O[Si](C)(C)C(C)(C)C. The van der Waals surface area contributed by atoms with Crippen LogP contribution in [0.3, 0.4) is 0 Å². The Morgan fingerprint density at radius 3 is 1.65 bits per heavy atom. The van der Waals surface area contributed by atoms with E-state index in [0.29, 0.717) is 6.42 Å². The van der Waals surface area contributed by atoms with Gasteiger partial charge in [0.15, 0.2) is 16.6 Å². The van der Waals surface area contributed by atoms with Crippen LogP contribution in [-0.2, 0) is 8.85 Å². The van der Waals surface area contributed by atoms with E-state index in [4.69, 9.17) is 15.3 Å². The topological polar surface area (TPSA) is 18.5 Å². The second-order valence-electron chi connectivity index (χ2n) is 9.42. The third kappa shape index (κ3) is 6.58. The van der Waals surface area contributed by atoms with E-state index in [2.05, 4.69) is 80.2 Å². The Hall–Kier alpha value is -0.346. The van der Waals surface area contributed by atoms with Gasteiger partial charge in [-0.25, -0.2) is 0 Å². The molecule has 0 bridgehead atoms. The molecule has 0 radical (unpaired) electrons. The lowest BCUT2D eigenvalue weighted by atomic mass is 10.2. The quantitative estimate of drug-likeness (QED) is 0.318. The van der Waals surface area contributed by atoms with Gasteiger partial charge in [-0.1, -0.05) is 53.5 Å². The van der Waals surface area contributed by atoms with Crippen LogP contribution in [0.1, 0.15) is 48.0 Å². The Morgan fingerprint density at radius 1 is 0.957 bits per heavy atom. The van der Waals surface area contributed by atoms with Crippen molar-refractivity contribution in [1.29, 1.82) is 0 Å². The smallest absolute Gasteiger partial charge is 0.193 e. The molecule has 0 aromatic rings. The van der Waals surface area contributed by atoms with Crippen molar-refractivity contribution in [2.45, 2.75) is 96.4 Å². The summed E-state index contributed by atoms with van der Waals surface area (Å²) >= 11 is 0. The standard InChI is InChI=1S/C19H38O2Si2/c1-13-16(20-22(9,10)18(3,4)5)15-17(14-2)21-23(11,12)19(6,7)8/h1,14,16-17H,2,15H2,3-12H3/t16-,17+/m0/s1. The summed E-state index contributed by atoms with van der Waals surface area (Å²) in [7, 11) is -3.73. The third-order valence-corrected chi connectivity index (χ3v) is 14.4. The maximum atomic E-state index is 6.44. The van der Waals surface area contributed by atoms with Gasteiger partial charge in [-0.15, -0.1) is 13.0 Å². The van der Waals surface area contributed by atoms with Gasteiger partial charge in [-0.05, 0) is 36.3 Å². The second kappa shape index (κ2) is 7.69. The van der Waals surface area contributed by atoms with Crippen molar-refractivity contribution in [2.75, 3.05) is 0 Å². The number of hydrogen-bond donors (Lipinski definition) is 0. The van der Waals surface area contributed by atoms with Crippen LogP contribution in [0.4, 0.5) is 0 Å². The van der Waals surface area contributed by atoms with Gasteiger partial charge in [0.05, 0.1) is 6.10 Å². The molecule has 0 aromatic carbocycles. The molecule has 23 heavy (non-hydrogen) atoms. The van der Waals surface area contributed by atoms with E-state index in [0.717, 1.165) is 0 Å². The van der Waals surface area contributed by atoms with Crippen LogP contribution in [0.5, 0.6) is 0 Å². The zero-order valence-electron chi connectivity index (χ0n) is 17.0. The Labute approximate surface area is 147 Å². The molecular weight excluding hydrogens is 316 g/mol. The Balaban J connectivity index is 5.04. The van der Waals surface area contributed by atoms with E-state index in [1.807, 2.05) is 6.08 Å². The van der Waals surface area contributed by atoms with Crippen LogP contribution in [-0.4, -0.2) is 28.8 Å². The zero-order chi connectivity index (χ0) is 18.7. The van der Waals surface area contributed by atoms with Crippen LogP contribution in [0.15, 0.2) is 12.7 Å². The Kier molecular flexibility index (Phi) is 7.58. The van der Waals surface area contributed by atoms with Gasteiger partial charge in [0, 0.05) is 6.42 Å². The summed E-state index contributed by atoms with van der Waals surface area (Å²) in [4.78, 5) is 0. The van der Waals surface area contributed by atoms with Gasteiger partial charge >= 0.3 is 0 Å². The molecule has 2 nitrogen and oxygen atoms in total. The molecule has 0 rings (SSSR count). The molecule has 2 atom stereocenters. The van der Waals surface area contributed by atoms with Crippen molar-refractivity contribution >= 4 is 16.6 Å².